The third-order valence-electron chi connectivity index (χ3n) is 7.86. The zero-order valence-electron chi connectivity index (χ0n) is 25.1. The Kier molecular flexibility index (Phi) is 9.83. The van der Waals surface area contributed by atoms with Crippen molar-refractivity contribution in [1.82, 2.24) is 14.9 Å². The van der Waals surface area contributed by atoms with Gasteiger partial charge in [-0.2, -0.15) is 0 Å². The Morgan fingerprint density at radius 3 is 2.55 bits per heavy atom. The van der Waals surface area contributed by atoms with Crippen molar-refractivity contribution in [3.8, 4) is 17.0 Å². The molecule has 1 aromatic carbocycles. The van der Waals surface area contributed by atoms with Crippen LogP contribution in [-0.4, -0.2) is 73.1 Å². The third kappa shape index (κ3) is 7.37. The van der Waals surface area contributed by atoms with Crippen molar-refractivity contribution in [3.05, 3.63) is 46.0 Å². The minimum Gasteiger partial charge on any atom is -0.480 e. The first-order chi connectivity index (χ1) is 21.1. The number of hydrogen-bond acceptors (Lipinski definition) is 11. The molecule has 14 heteroatoms. The third-order valence-corrected chi connectivity index (χ3v) is 10.6. The molecule has 44 heavy (non-hydrogen) atoms. The van der Waals surface area contributed by atoms with Crippen LogP contribution in [0.2, 0.25) is 0 Å². The Bertz CT molecular complexity index is 1610. The van der Waals surface area contributed by atoms with Gasteiger partial charge in [-0.15, -0.1) is 11.3 Å². The minimum absolute atomic E-state index is 0.132. The Balaban J connectivity index is 1.37. The van der Waals surface area contributed by atoms with Crippen LogP contribution in [-0.2, 0) is 21.3 Å². The van der Waals surface area contributed by atoms with E-state index in [2.05, 4.69) is 24.9 Å². The van der Waals surface area contributed by atoms with E-state index in [1.807, 2.05) is 13.8 Å². The number of carbonyl (C=O) groups excluding carboxylic acids is 1. The van der Waals surface area contributed by atoms with Crippen LogP contribution in [0.4, 0.5) is 17.1 Å². The van der Waals surface area contributed by atoms with Crippen molar-refractivity contribution in [2.45, 2.75) is 70.0 Å². The fourth-order valence-corrected chi connectivity index (χ4v) is 8.23. The van der Waals surface area contributed by atoms with Crippen molar-refractivity contribution in [2.75, 3.05) is 36.0 Å². The highest BCUT2D eigenvalue weighted by Gasteiger charge is 2.29. The fourth-order valence-electron chi connectivity index (χ4n) is 5.84. The summed E-state index contributed by atoms with van der Waals surface area (Å²) < 4.78 is 40.2. The smallest absolute Gasteiger partial charge is 0.275 e. The lowest BCUT2D eigenvalue weighted by Crippen LogP contribution is -2.44. The molecule has 1 amide bonds. The van der Waals surface area contributed by atoms with Crippen LogP contribution in [0.15, 0.2) is 29.8 Å². The first-order valence-electron chi connectivity index (χ1n) is 14.7. The minimum atomic E-state index is -3.65. The second-order valence-corrected chi connectivity index (χ2v) is 14.3. The maximum absolute atomic E-state index is 13.3. The second kappa shape index (κ2) is 13.6. The molecule has 2 aliphatic rings. The highest BCUT2D eigenvalue weighted by molar-refractivity contribution is 7.93. The average molecular weight is 642 g/mol. The highest BCUT2D eigenvalue weighted by atomic mass is 32.2. The maximum Gasteiger partial charge on any atom is 0.275 e. The van der Waals surface area contributed by atoms with E-state index in [-0.39, 0.29) is 35.2 Å². The number of sulfonamides is 1. The largest absolute Gasteiger partial charge is 0.480 e. The van der Waals surface area contributed by atoms with E-state index >= 15 is 0 Å². The Labute approximate surface area is 261 Å². The number of thiazole rings is 1. The highest BCUT2D eigenvalue weighted by Crippen LogP contribution is 2.35. The van der Waals surface area contributed by atoms with Gasteiger partial charge in [0, 0.05) is 47.7 Å². The number of nitrogens with zero attached hydrogens (tertiary/aromatic N) is 3. The second-order valence-electron chi connectivity index (χ2n) is 11.4. The van der Waals surface area contributed by atoms with E-state index in [9.17, 15) is 13.2 Å². The summed E-state index contributed by atoms with van der Waals surface area (Å²) in [4.78, 5) is 24.4. The molecule has 2 atom stereocenters. The topological polar surface area (TPSA) is 173 Å². The number of benzene rings is 1. The van der Waals surface area contributed by atoms with Crippen LogP contribution in [0, 0.1) is 5.41 Å². The lowest BCUT2D eigenvalue weighted by Gasteiger charge is -2.34. The van der Waals surface area contributed by atoms with Gasteiger partial charge in [-0.3, -0.25) is 14.4 Å². The Morgan fingerprint density at radius 2 is 1.86 bits per heavy atom. The number of nitrogens with one attached hydrogen (secondary N) is 3. The Morgan fingerprint density at radius 1 is 1.16 bits per heavy atom. The molecule has 0 bridgehead atoms. The predicted molar refractivity (Wildman–Crippen MR) is 173 cm³/mol. The molecule has 3 heterocycles. The molecule has 0 radical (unpaired) electrons. The number of anilines is 3. The van der Waals surface area contributed by atoms with Crippen LogP contribution < -0.4 is 20.5 Å². The molecule has 1 aliphatic carbocycles. The van der Waals surface area contributed by atoms with Crippen LogP contribution in [0.25, 0.3) is 11.1 Å². The number of morpholine rings is 1. The van der Waals surface area contributed by atoms with Gasteiger partial charge in [-0.1, -0.05) is 19.3 Å². The van der Waals surface area contributed by atoms with E-state index < -0.39 is 21.2 Å². The first-order valence-corrected chi connectivity index (χ1v) is 17.1. The van der Waals surface area contributed by atoms with Gasteiger partial charge in [0.25, 0.3) is 5.91 Å². The number of rotatable bonds is 10. The molecule has 236 valence electrons. The summed E-state index contributed by atoms with van der Waals surface area (Å²) >= 11 is 1.42. The Hall–Kier alpha value is -3.59. The summed E-state index contributed by atoms with van der Waals surface area (Å²) in [5.74, 6) is -0.282. The summed E-state index contributed by atoms with van der Waals surface area (Å²) in [6.07, 6.45) is 6.91. The van der Waals surface area contributed by atoms with Crippen molar-refractivity contribution in [1.29, 1.82) is 5.41 Å². The van der Waals surface area contributed by atoms with Crippen molar-refractivity contribution < 1.29 is 22.7 Å². The number of ether oxygens (including phenoxy) is 2. The van der Waals surface area contributed by atoms with Crippen LogP contribution in [0.1, 0.15) is 67.0 Å². The quantitative estimate of drug-likeness (QED) is 0.180. The van der Waals surface area contributed by atoms with E-state index in [0.717, 1.165) is 43.6 Å². The van der Waals surface area contributed by atoms with Gasteiger partial charge in [-0.05, 0) is 50.5 Å². The lowest BCUT2D eigenvalue weighted by molar-refractivity contribution is -0.0705. The van der Waals surface area contributed by atoms with Gasteiger partial charge in [0.05, 0.1) is 36.8 Å². The SMILES string of the molecule is COc1ncc(-c2cc(N)c(C=N)c(NC(=O)c3csc(CN4CC(C)OC(C)C4)n3)c2)cc1NS(=O)(=O)C1CCCCC1. The molecule has 2 aromatic heterocycles. The molecule has 0 spiro atoms. The van der Waals surface area contributed by atoms with E-state index in [1.165, 1.54) is 18.4 Å². The summed E-state index contributed by atoms with van der Waals surface area (Å²) in [5.41, 5.74) is 8.86. The zero-order chi connectivity index (χ0) is 31.4. The van der Waals surface area contributed by atoms with Crippen LogP contribution in [0.5, 0.6) is 5.88 Å². The van der Waals surface area contributed by atoms with Crippen molar-refractivity contribution in [3.63, 3.8) is 0 Å². The maximum atomic E-state index is 13.3. The standard InChI is InChI=1S/C30H39N7O5S2/c1-18-14-37(15-19(2)42-18)16-28-34-27(17-43-28)29(38)35-25-10-20(9-24(32)23(25)12-31)21-11-26(30(41-3)33-13-21)36-44(39,40)22-7-5-4-6-8-22/h9-13,17-19,22,31,36H,4-8,14-16,32H2,1-3H3,(H,35,38). The molecular formula is C30H39N7O5S2. The summed E-state index contributed by atoms with van der Waals surface area (Å²) in [6, 6.07) is 4.97. The molecule has 3 aromatic rings. The molecular weight excluding hydrogens is 603 g/mol. The van der Waals surface area contributed by atoms with E-state index in [1.54, 1.807) is 29.8 Å². The van der Waals surface area contributed by atoms with Gasteiger partial charge < -0.3 is 25.9 Å². The van der Waals surface area contributed by atoms with Gasteiger partial charge in [0.1, 0.15) is 16.4 Å². The summed E-state index contributed by atoms with van der Waals surface area (Å²) in [5, 5.41) is 12.9. The molecule has 5 N–H and O–H groups in total. The van der Waals surface area contributed by atoms with E-state index in [0.29, 0.717) is 41.8 Å². The number of carbonyl (C=O) groups is 1. The van der Waals surface area contributed by atoms with E-state index in [4.69, 9.17) is 20.6 Å². The molecule has 1 aliphatic heterocycles. The molecule has 1 saturated carbocycles. The lowest BCUT2D eigenvalue weighted by atomic mass is 10.0. The number of hydrogen-bond donors (Lipinski definition) is 4. The molecule has 12 nitrogen and oxygen atoms in total. The first kappa shape index (κ1) is 31.8. The molecule has 2 unspecified atom stereocenters. The number of nitrogens with two attached hydrogens (primary N) is 1. The van der Waals surface area contributed by atoms with Gasteiger partial charge >= 0.3 is 0 Å². The van der Waals surface area contributed by atoms with Gasteiger partial charge in [0.15, 0.2) is 0 Å². The normalized spacial score (nSPS) is 19.8. The van der Waals surface area contributed by atoms with Crippen molar-refractivity contribution in [2.24, 2.45) is 0 Å². The predicted octanol–water partition coefficient (Wildman–Crippen LogP) is 4.73. The van der Waals surface area contributed by atoms with Crippen LogP contribution >= 0.6 is 11.3 Å². The van der Waals surface area contributed by atoms with Gasteiger partial charge in [-0.25, -0.2) is 18.4 Å². The van der Waals surface area contributed by atoms with Gasteiger partial charge in [0.2, 0.25) is 15.9 Å². The number of aromatic nitrogens is 2. The number of methoxy groups -OCH3 is 1. The van der Waals surface area contributed by atoms with Crippen LogP contribution in [0.3, 0.4) is 0 Å². The average Bonchev–Trinajstić information content (AvgIpc) is 3.45. The zero-order valence-corrected chi connectivity index (χ0v) is 26.8. The molecule has 1 saturated heterocycles. The molecule has 5 rings (SSSR count). The number of pyridine rings is 1. The molecule has 2 fully saturated rings. The summed E-state index contributed by atoms with van der Waals surface area (Å²) in [6.45, 7) is 6.31. The monoisotopic (exact) mass is 641 g/mol. The fraction of sp³-hybridized carbons (Fsp3) is 0.467. The van der Waals surface area contributed by atoms with Crippen molar-refractivity contribution >= 4 is 50.5 Å². The number of amides is 1. The summed E-state index contributed by atoms with van der Waals surface area (Å²) in [7, 11) is -2.22. The number of nitrogen functional groups attached to an aromatic ring is 1.